The second kappa shape index (κ2) is 9.64. The van der Waals surface area contributed by atoms with Crippen LogP contribution in [0.3, 0.4) is 0 Å². The molecular weight excluding hydrogens is 374 g/mol. The number of ether oxygens (including phenoxy) is 2. The maximum Gasteiger partial charge on any atom is 0.338 e. The standard InChI is InChI=1S/C21H23N3O3S/c1-14-18(13-26-20(25)16-9-5-3-6-10-16)27-21(15(2)19(14)23-24-22)28-17-11-7-4-8-12-17/h3-12,14-15,18-19,21H,13H2,1-2H3/t14-,15?,18?,19-,21+/m0/s1. The highest BCUT2D eigenvalue weighted by molar-refractivity contribution is 7.99. The van der Waals surface area contributed by atoms with E-state index in [4.69, 9.17) is 15.0 Å². The summed E-state index contributed by atoms with van der Waals surface area (Å²) in [7, 11) is 0. The Morgan fingerprint density at radius 3 is 2.39 bits per heavy atom. The highest BCUT2D eigenvalue weighted by atomic mass is 32.2. The van der Waals surface area contributed by atoms with Gasteiger partial charge in [0.05, 0.1) is 11.7 Å². The Morgan fingerprint density at radius 2 is 1.75 bits per heavy atom. The number of carbonyl (C=O) groups is 1. The molecule has 3 rings (SSSR count). The molecule has 1 aliphatic rings. The van der Waals surface area contributed by atoms with Crippen LogP contribution in [0.4, 0.5) is 0 Å². The predicted octanol–water partition coefficient (Wildman–Crippen LogP) is 5.31. The Kier molecular flexibility index (Phi) is 6.98. The van der Waals surface area contributed by atoms with Gasteiger partial charge in [0.1, 0.15) is 12.0 Å². The van der Waals surface area contributed by atoms with Crippen molar-refractivity contribution in [2.75, 3.05) is 6.61 Å². The summed E-state index contributed by atoms with van der Waals surface area (Å²) in [6.07, 6.45) is -0.347. The molecule has 0 bridgehead atoms. The first kappa shape index (κ1) is 20.3. The predicted molar refractivity (Wildman–Crippen MR) is 109 cm³/mol. The van der Waals surface area contributed by atoms with Crippen LogP contribution in [0, 0.1) is 11.8 Å². The molecule has 0 saturated carbocycles. The Labute approximate surface area is 168 Å². The lowest BCUT2D eigenvalue weighted by Crippen LogP contribution is -2.48. The van der Waals surface area contributed by atoms with Crippen LogP contribution in [0.2, 0.25) is 0 Å². The molecule has 0 spiro atoms. The zero-order valence-corrected chi connectivity index (χ0v) is 16.7. The van der Waals surface area contributed by atoms with Gasteiger partial charge in [-0.3, -0.25) is 0 Å². The fraction of sp³-hybridized carbons (Fsp3) is 0.381. The van der Waals surface area contributed by atoms with Crippen LogP contribution in [-0.4, -0.2) is 30.2 Å². The molecular formula is C21H23N3O3S. The fourth-order valence-electron chi connectivity index (χ4n) is 3.32. The lowest BCUT2D eigenvalue weighted by Gasteiger charge is -2.42. The van der Waals surface area contributed by atoms with Crippen molar-refractivity contribution < 1.29 is 14.3 Å². The van der Waals surface area contributed by atoms with Gasteiger partial charge in [-0.2, -0.15) is 0 Å². The number of carbonyl (C=O) groups excluding carboxylic acids is 1. The molecule has 2 aromatic carbocycles. The van der Waals surface area contributed by atoms with E-state index >= 15 is 0 Å². The lowest BCUT2D eigenvalue weighted by atomic mass is 9.85. The van der Waals surface area contributed by atoms with Crippen LogP contribution >= 0.6 is 11.8 Å². The minimum absolute atomic E-state index is 0.0252. The molecule has 0 amide bonds. The van der Waals surface area contributed by atoms with Gasteiger partial charge in [-0.05, 0) is 35.7 Å². The van der Waals surface area contributed by atoms with Crippen molar-refractivity contribution in [1.82, 2.24) is 0 Å². The average molecular weight is 398 g/mol. The summed E-state index contributed by atoms with van der Waals surface area (Å²) in [5.74, 6) is -0.429. The van der Waals surface area contributed by atoms with Crippen molar-refractivity contribution in [3.8, 4) is 0 Å². The lowest BCUT2D eigenvalue weighted by molar-refractivity contribution is -0.0991. The minimum Gasteiger partial charge on any atom is -0.459 e. The SMILES string of the molecule is CC1[C@@H](Sc2ccccc2)OC(COC(=O)c2ccccc2)[C@H](C)[C@@H]1N=[N+]=[N-]. The van der Waals surface area contributed by atoms with Gasteiger partial charge < -0.3 is 9.47 Å². The highest BCUT2D eigenvalue weighted by Gasteiger charge is 2.42. The molecule has 1 saturated heterocycles. The van der Waals surface area contributed by atoms with Gasteiger partial charge in [-0.15, -0.1) is 0 Å². The van der Waals surface area contributed by atoms with Crippen molar-refractivity contribution in [2.24, 2.45) is 17.0 Å². The Balaban J connectivity index is 1.71. The first-order chi connectivity index (χ1) is 13.6. The summed E-state index contributed by atoms with van der Waals surface area (Å²) in [4.78, 5) is 16.4. The van der Waals surface area contributed by atoms with Gasteiger partial charge in [0.25, 0.3) is 0 Å². The zero-order chi connectivity index (χ0) is 19.9. The summed E-state index contributed by atoms with van der Waals surface area (Å²) in [6.45, 7) is 4.12. The molecule has 0 radical (unpaired) electrons. The summed E-state index contributed by atoms with van der Waals surface area (Å²) in [5.41, 5.74) is 9.31. The number of esters is 1. The molecule has 6 nitrogen and oxygen atoms in total. The Morgan fingerprint density at radius 1 is 1.11 bits per heavy atom. The topological polar surface area (TPSA) is 84.3 Å². The Bertz CT molecular complexity index is 827. The summed E-state index contributed by atoms with van der Waals surface area (Å²) >= 11 is 1.59. The van der Waals surface area contributed by atoms with Crippen LogP contribution < -0.4 is 0 Å². The van der Waals surface area contributed by atoms with Gasteiger partial charge >= 0.3 is 5.97 Å². The number of thioether (sulfide) groups is 1. The van der Waals surface area contributed by atoms with E-state index in [-0.39, 0.29) is 42.0 Å². The van der Waals surface area contributed by atoms with Crippen LogP contribution in [-0.2, 0) is 9.47 Å². The van der Waals surface area contributed by atoms with E-state index in [0.29, 0.717) is 5.56 Å². The number of azide groups is 1. The number of hydrogen-bond donors (Lipinski definition) is 0. The molecule has 2 unspecified atom stereocenters. The summed E-state index contributed by atoms with van der Waals surface area (Å²) in [5, 5.41) is 4.02. The van der Waals surface area contributed by atoms with Crippen LogP contribution in [0.25, 0.3) is 10.4 Å². The van der Waals surface area contributed by atoms with Crippen molar-refractivity contribution in [3.05, 3.63) is 76.7 Å². The largest absolute Gasteiger partial charge is 0.459 e. The minimum atomic E-state index is -0.386. The summed E-state index contributed by atoms with van der Waals surface area (Å²) in [6, 6.07) is 18.6. The molecule has 0 N–H and O–H groups in total. The van der Waals surface area contributed by atoms with E-state index in [1.54, 1.807) is 36.0 Å². The van der Waals surface area contributed by atoms with E-state index < -0.39 is 0 Å². The second-order valence-electron chi connectivity index (χ2n) is 6.85. The monoisotopic (exact) mass is 397 g/mol. The van der Waals surface area contributed by atoms with Crippen LogP contribution in [0.15, 0.2) is 70.7 Å². The molecule has 1 heterocycles. The zero-order valence-electron chi connectivity index (χ0n) is 15.8. The fourth-order valence-corrected chi connectivity index (χ4v) is 4.48. The smallest absolute Gasteiger partial charge is 0.338 e. The maximum atomic E-state index is 12.3. The van der Waals surface area contributed by atoms with Crippen molar-refractivity contribution in [3.63, 3.8) is 0 Å². The van der Waals surface area contributed by atoms with E-state index in [1.165, 1.54) is 0 Å². The van der Waals surface area contributed by atoms with Crippen molar-refractivity contribution >= 4 is 17.7 Å². The molecule has 2 aromatic rings. The number of benzene rings is 2. The molecule has 1 aliphatic heterocycles. The number of rotatable bonds is 6. The van der Waals surface area contributed by atoms with Crippen molar-refractivity contribution in [2.45, 2.75) is 36.3 Å². The third-order valence-corrected chi connectivity index (χ3v) is 6.29. The maximum absolute atomic E-state index is 12.3. The van der Waals surface area contributed by atoms with Gasteiger partial charge in [0, 0.05) is 21.8 Å². The van der Waals surface area contributed by atoms with Crippen LogP contribution in [0.1, 0.15) is 24.2 Å². The second-order valence-corrected chi connectivity index (χ2v) is 8.02. The van der Waals surface area contributed by atoms with Crippen molar-refractivity contribution in [1.29, 1.82) is 0 Å². The molecule has 7 heteroatoms. The third kappa shape index (κ3) is 4.87. The molecule has 0 aromatic heterocycles. The molecule has 146 valence electrons. The number of hydrogen-bond acceptors (Lipinski definition) is 5. The van der Waals surface area contributed by atoms with E-state index in [2.05, 4.69) is 10.0 Å². The first-order valence-corrected chi connectivity index (χ1v) is 10.1. The quantitative estimate of drug-likeness (QED) is 0.286. The van der Waals surface area contributed by atoms with Gasteiger partial charge in [-0.25, -0.2) is 4.79 Å². The molecule has 28 heavy (non-hydrogen) atoms. The molecule has 5 atom stereocenters. The summed E-state index contributed by atoms with van der Waals surface area (Å²) < 4.78 is 11.8. The van der Waals surface area contributed by atoms with Crippen LogP contribution in [0.5, 0.6) is 0 Å². The average Bonchev–Trinajstić information content (AvgIpc) is 2.73. The number of nitrogens with zero attached hydrogens (tertiary/aromatic N) is 3. The normalized spacial score (nSPS) is 26.9. The third-order valence-electron chi connectivity index (χ3n) is 4.97. The Hall–Kier alpha value is -2.47. The van der Waals surface area contributed by atoms with Gasteiger partial charge in [-0.1, -0.05) is 67.1 Å². The van der Waals surface area contributed by atoms with E-state index in [1.807, 2.05) is 50.2 Å². The van der Waals surface area contributed by atoms with Gasteiger partial charge in [0.2, 0.25) is 0 Å². The van der Waals surface area contributed by atoms with Gasteiger partial charge in [0.15, 0.2) is 0 Å². The van der Waals surface area contributed by atoms with E-state index in [0.717, 1.165) is 4.90 Å². The molecule has 0 aliphatic carbocycles. The van der Waals surface area contributed by atoms with E-state index in [9.17, 15) is 4.79 Å². The first-order valence-electron chi connectivity index (χ1n) is 9.23. The molecule has 1 fully saturated rings. The highest BCUT2D eigenvalue weighted by Crippen LogP contribution is 2.40.